The maximum atomic E-state index is 12.7. The van der Waals surface area contributed by atoms with Gasteiger partial charge in [0.1, 0.15) is 12.7 Å². The first kappa shape index (κ1) is 18.4. The second-order valence-corrected chi connectivity index (χ2v) is 6.11. The third-order valence-corrected chi connectivity index (χ3v) is 4.25. The molecule has 1 heterocycles. The topological polar surface area (TPSA) is 38.8 Å². The maximum Gasteiger partial charge on any atom is 0.416 e. The minimum Gasteiger partial charge on any atom is -0.459 e. The molecule has 0 amide bonds. The molecule has 2 aromatic rings. The van der Waals surface area contributed by atoms with Gasteiger partial charge in [-0.15, -0.1) is 0 Å². The molecule has 2 aromatic carbocycles. The third-order valence-electron chi connectivity index (χ3n) is 4.25. The number of carbonyl (C=O) groups is 1. The minimum atomic E-state index is -4.50. The predicted octanol–water partition coefficient (Wildman–Crippen LogP) is 4.24. The Morgan fingerprint density at radius 3 is 2.62 bits per heavy atom. The van der Waals surface area contributed by atoms with Crippen molar-refractivity contribution >= 4 is 5.97 Å². The second kappa shape index (κ2) is 7.47. The molecule has 138 valence electrons. The number of ether oxygens (including phenoxy) is 1. The van der Waals surface area contributed by atoms with E-state index in [1.807, 2.05) is 30.3 Å². The first-order valence-electron chi connectivity index (χ1n) is 8.13. The van der Waals surface area contributed by atoms with Crippen molar-refractivity contribution < 1.29 is 27.5 Å². The highest BCUT2D eigenvalue weighted by Gasteiger charge is 2.33. The molecule has 1 aliphatic rings. The lowest BCUT2D eigenvalue weighted by atomic mass is 10.0. The quantitative estimate of drug-likeness (QED) is 0.760. The zero-order valence-electron chi connectivity index (χ0n) is 14.1. The summed E-state index contributed by atoms with van der Waals surface area (Å²) in [6.07, 6.45) is -4.23. The van der Waals surface area contributed by atoms with Crippen molar-refractivity contribution in [2.24, 2.45) is 0 Å². The monoisotopic (exact) mass is 365 g/mol. The van der Waals surface area contributed by atoms with Gasteiger partial charge in [-0.1, -0.05) is 36.4 Å². The number of rotatable bonds is 4. The van der Waals surface area contributed by atoms with Crippen LogP contribution in [-0.2, 0) is 15.8 Å². The maximum absolute atomic E-state index is 12.7. The predicted molar refractivity (Wildman–Crippen MR) is 88.2 cm³/mol. The van der Waals surface area contributed by atoms with E-state index in [4.69, 9.17) is 9.57 Å². The van der Waals surface area contributed by atoms with Crippen LogP contribution in [0.15, 0.2) is 54.6 Å². The standard InChI is InChI=1S/C19H18F3NO3/c1-23-17(13-6-3-2-4-7-13)11-16(26-23)12-25-18(24)14-8-5-9-15(10-14)19(20,21)22/h2-10,16-17H,11-12H2,1H3/t16-,17+/m0/s1. The van der Waals surface area contributed by atoms with E-state index >= 15 is 0 Å². The van der Waals surface area contributed by atoms with Gasteiger partial charge in [0.15, 0.2) is 0 Å². The molecule has 4 nitrogen and oxygen atoms in total. The van der Waals surface area contributed by atoms with E-state index in [9.17, 15) is 18.0 Å². The molecule has 0 aromatic heterocycles. The van der Waals surface area contributed by atoms with E-state index in [-0.39, 0.29) is 24.3 Å². The molecule has 0 aliphatic carbocycles. The van der Waals surface area contributed by atoms with E-state index in [1.165, 1.54) is 12.1 Å². The number of hydrogen-bond donors (Lipinski definition) is 0. The van der Waals surface area contributed by atoms with Crippen molar-refractivity contribution in [1.82, 2.24) is 5.06 Å². The van der Waals surface area contributed by atoms with E-state index < -0.39 is 17.7 Å². The fourth-order valence-corrected chi connectivity index (χ4v) is 2.94. The summed E-state index contributed by atoms with van der Waals surface area (Å²) >= 11 is 0. The Labute approximate surface area is 149 Å². The first-order chi connectivity index (χ1) is 12.3. The van der Waals surface area contributed by atoms with Crippen LogP contribution in [0.5, 0.6) is 0 Å². The van der Waals surface area contributed by atoms with Crippen molar-refractivity contribution in [2.75, 3.05) is 13.7 Å². The summed E-state index contributed by atoms with van der Waals surface area (Å²) in [5, 5.41) is 1.71. The number of carbonyl (C=O) groups excluding carboxylic acids is 1. The number of benzene rings is 2. The Morgan fingerprint density at radius 2 is 1.92 bits per heavy atom. The fraction of sp³-hybridized carbons (Fsp3) is 0.316. The summed E-state index contributed by atoms with van der Waals surface area (Å²) in [6.45, 7) is -0.0250. The van der Waals surface area contributed by atoms with E-state index in [0.29, 0.717) is 6.42 Å². The van der Waals surface area contributed by atoms with Crippen LogP contribution in [0.2, 0.25) is 0 Å². The van der Waals surface area contributed by atoms with E-state index in [0.717, 1.165) is 17.7 Å². The van der Waals surface area contributed by atoms with Crippen LogP contribution in [0.25, 0.3) is 0 Å². The van der Waals surface area contributed by atoms with Gasteiger partial charge in [0.25, 0.3) is 0 Å². The molecule has 26 heavy (non-hydrogen) atoms. The van der Waals surface area contributed by atoms with E-state index in [2.05, 4.69) is 0 Å². The summed E-state index contributed by atoms with van der Waals surface area (Å²) in [6, 6.07) is 14.0. The van der Waals surface area contributed by atoms with Crippen molar-refractivity contribution in [3.05, 3.63) is 71.3 Å². The van der Waals surface area contributed by atoms with Crippen molar-refractivity contribution in [3.63, 3.8) is 0 Å². The van der Waals surface area contributed by atoms with Crippen molar-refractivity contribution in [3.8, 4) is 0 Å². The van der Waals surface area contributed by atoms with Gasteiger partial charge in [0.05, 0.1) is 17.2 Å². The summed E-state index contributed by atoms with van der Waals surface area (Å²) in [7, 11) is 1.80. The lowest BCUT2D eigenvalue weighted by Gasteiger charge is -2.17. The Hall–Kier alpha value is -2.38. The molecule has 0 radical (unpaired) electrons. The third kappa shape index (κ3) is 4.23. The Kier molecular flexibility index (Phi) is 5.29. The number of hydrogen-bond acceptors (Lipinski definition) is 4. The molecular formula is C19H18F3NO3. The SMILES string of the molecule is CN1O[C@H](COC(=O)c2cccc(C(F)(F)F)c2)C[C@@H]1c1ccccc1. The molecule has 3 rings (SSSR count). The molecule has 0 bridgehead atoms. The highest BCUT2D eigenvalue weighted by Crippen LogP contribution is 2.33. The Bertz CT molecular complexity index is 764. The van der Waals surface area contributed by atoms with Gasteiger partial charge in [0.2, 0.25) is 0 Å². The molecular weight excluding hydrogens is 347 g/mol. The number of esters is 1. The summed E-state index contributed by atoms with van der Waals surface area (Å²) < 4.78 is 43.4. The molecule has 0 N–H and O–H groups in total. The lowest BCUT2D eigenvalue weighted by Crippen LogP contribution is -2.21. The largest absolute Gasteiger partial charge is 0.459 e. The molecule has 0 unspecified atom stereocenters. The molecule has 7 heteroatoms. The average molecular weight is 365 g/mol. The first-order valence-corrected chi connectivity index (χ1v) is 8.13. The highest BCUT2D eigenvalue weighted by atomic mass is 19.4. The van der Waals surface area contributed by atoms with Gasteiger partial charge in [0, 0.05) is 13.5 Å². The molecule has 0 spiro atoms. The molecule has 2 atom stereocenters. The Morgan fingerprint density at radius 1 is 1.19 bits per heavy atom. The van der Waals surface area contributed by atoms with Gasteiger partial charge >= 0.3 is 12.1 Å². The zero-order valence-corrected chi connectivity index (χ0v) is 14.1. The average Bonchev–Trinajstić information content (AvgIpc) is 3.00. The smallest absolute Gasteiger partial charge is 0.416 e. The molecule has 0 saturated carbocycles. The Balaban J connectivity index is 1.59. The van der Waals surface area contributed by atoms with E-state index in [1.54, 1.807) is 12.1 Å². The normalized spacial score (nSPS) is 20.9. The number of halogens is 3. The van der Waals surface area contributed by atoms with Crippen molar-refractivity contribution in [2.45, 2.75) is 24.7 Å². The van der Waals surface area contributed by atoms with Gasteiger partial charge in [-0.3, -0.25) is 4.84 Å². The highest BCUT2D eigenvalue weighted by molar-refractivity contribution is 5.89. The van der Waals surface area contributed by atoms with Crippen LogP contribution in [0.4, 0.5) is 13.2 Å². The zero-order chi connectivity index (χ0) is 18.7. The minimum absolute atomic E-state index is 0.0250. The van der Waals surface area contributed by atoms with Crippen molar-refractivity contribution in [1.29, 1.82) is 0 Å². The van der Waals surface area contributed by atoms with Gasteiger partial charge in [-0.2, -0.15) is 18.2 Å². The molecule has 1 aliphatic heterocycles. The lowest BCUT2D eigenvalue weighted by molar-refractivity contribution is -0.153. The summed E-state index contributed by atoms with van der Waals surface area (Å²) in [5.41, 5.74) is 0.0698. The van der Waals surface area contributed by atoms with Crippen LogP contribution in [0, 0.1) is 0 Å². The van der Waals surface area contributed by atoms with Crippen LogP contribution in [-0.4, -0.2) is 30.8 Å². The van der Waals surface area contributed by atoms with Crippen LogP contribution in [0.1, 0.15) is 33.9 Å². The molecule has 1 saturated heterocycles. The number of nitrogens with zero attached hydrogens (tertiary/aromatic N) is 1. The summed E-state index contributed by atoms with van der Waals surface area (Å²) in [5.74, 6) is -0.800. The number of hydroxylamine groups is 2. The van der Waals surface area contributed by atoms with Gasteiger partial charge in [-0.05, 0) is 23.8 Å². The number of alkyl halides is 3. The van der Waals surface area contributed by atoms with Gasteiger partial charge < -0.3 is 4.74 Å². The summed E-state index contributed by atoms with van der Waals surface area (Å²) in [4.78, 5) is 17.7. The van der Waals surface area contributed by atoms with Gasteiger partial charge in [-0.25, -0.2) is 4.79 Å². The van der Waals surface area contributed by atoms with Crippen LogP contribution < -0.4 is 0 Å². The van der Waals surface area contributed by atoms with Crippen LogP contribution >= 0.6 is 0 Å². The fourth-order valence-electron chi connectivity index (χ4n) is 2.94. The molecule has 1 fully saturated rings. The van der Waals surface area contributed by atoms with Crippen LogP contribution in [0.3, 0.4) is 0 Å². The second-order valence-electron chi connectivity index (χ2n) is 6.11.